The zero-order chi connectivity index (χ0) is 17.2. The molecule has 2 aromatic heterocycles. The highest BCUT2D eigenvalue weighted by atomic mass is 16.5. The minimum atomic E-state index is -0.116. The predicted octanol–water partition coefficient (Wildman–Crippen LogP) is 4.02. The van der Waals surface area contributed by atoms with Crippen LogP contribution in [0.4, 0.5) is 5.69 Å². The molecule has 0 fully saturated rings. The smallest absolute Gasteiger partial charge is 0.255 e. The molecule has 0 bridgehead atoms. The SMILES string of the molecule is COCCn1ccc2ccc(C(=O)Nc3cccc4[nH]ccc34)cc21. The maximum Gasteiger partial charge on any atom is 0.255 e. The van der Waals surface area contributed by atoms with E-state index in [1.54, 1.807) is 7.11 Å². The summed E-state index contributed by atoms with van der Waals surface area (Å²) in [6.07, 6.45) is 3.89. The van der Waals surface area contributed by atoms with Crippen LogP contribution in [0.2, 0.25) is 0 Å². The molecule has 4 rings (SSSR count). The highest BCUT2D eigenvalue weighted by Gasteiger charge is 2.11. The Balaban J connectivity index is 1.64. The van der Waals surface area contributed by atoms with E-state index in [9.17, 15) is 4.79 Å². The van der Waals surface area contributed by atoms with Crippen molar-refractivity contribution in [3.05, 3.63) is 66.5 Å². The Kier molecular flexibility index (Phi) is 3.99. The molecule has 126 valence electrons. The summed E-state index contributed by atoms with van der Waals surface area (Å²) in [5.41, 5.74) is 3.47. The van der Waals surface area contributed by atoms with Crippen molar-refractivity contribution in [1.82, 2.24) is 9.55 Å². The van der Waals surface area contributed by atoms with Crippen molar-refractivity contribution < 1.29 is 9.53 Å². The number of nitrogens with one attached hydrogen (secondary N) is 2. The van der Waals surface area contributed by atoms with Crippen molar-refractivity contribution in [1.29, 1.82) is 0 Å². The molecule has 0 saturated heterocycles. The van der Waals surface area contributed by atoms with Crippen molar-refractivity contribution in [2.75, 3.05) is 19.0 Å². The van der Waals surface area contributed by atoms with Crippen LogP contribution in [0, 0.1) is 0 Å². The standard InChI is InChI=1S/C20H19N3O2/c1-25-12-11-23-10-8-14-5-6-15(13-19(14)23)20(24)22-18-4-2-3-17-16(18)7-9-21-17/h2-10,13,21H,11-12H2,1H3,(H,22,24). The number of hydrogen-bond donors (Lipinski definition) is 2. The van der Waals surface area contributed by atoms with Gasteiger partial charge in [0.2, 0.25) is 0 Å². The number of rotatable bonds is 5. The molecule has 0 spiro atoms. The number of ether oxygens (including phenoxy) is 1. The van der Waals surface area contributed by atoms with E-state index in [4.69, 9.17) is 4.74 Å². The van der Waals surface area contributed by atoms with E-state index in [1.807, 2.05) is 60.9 Å². The van der Waals surface area contributed by atoms with Crippen LogP contribution < -0.4 is 5.32 Å². The maximum absolute atomic E-state index is 12.7. The zero-order valence-corrected chi connectivity index (χ0v) is 14.0. The fourth-order valence-corrected chi connectivity index (χ4v) is 3.10. The quantitative estimate of drug-likeness (QED) is 0.579. The molecule has 0 aliphatic carbocycles. The highest BCUT2D eigenvalue weighted by Crippen LogP contribution is 2.24. The second-order valence-electron chi connectivity index (χ2n) is 5.97. The molecule has 5 heteroatoms. The van der Waals surface area contributed by atoms with Gasteiger partial charge in [-0.15, -0.1) is 0 Å². The fourth-order valence-electron chi connectivity index (χ4n) is 3.10. The molecule has 2 heterocycles. The number of benzene rings is 2. The summed E-state index contributed by atoms with van der Waals surface area (Å²) in [4.78, 5) is 15.9. The molecule has 2 aromatic carbocycles. The molecule has 0 atom stereocenters. The van der Waals surface area contributed by atoms with Gasteiger partial charge in [-0.1, -0.05) is 12.1 Å². The first kappa shape index (κ1) is 15.5. The second-order valence-corrected chi connectivity index (χ2v) is 5.97. The van der Waals surface area contributed by atoms with Gasteiger partial charge in [0.25, 0.3) is 5.91 Å². The van der Waals surface area contributed by atoms with Crippen molar-refractivity contribution in [3.63, 3.8) is 0 Å². The van der Waals surface area contributed by atoms with Crippen LogP contribution in [0.1, 0.15) is 10.4 Å². The Bertz CT molecular complexity index is 1050. The number of carbonyl (C=O) groups is 1. The first-order chi connectivity index (χ1) is 12.3. The maximum atomic E-state index is 12.7. The van der Waals surface area contributed by atoms with Gasteiger partial charge in [0, 0.05) is 48.0 Å². The Labute approximate surface area is 145 Å². The number of aromatic amines is 1. The van der Waals surface area contributed by atoms with Crippen LogP contribution in [0.3, 0.4) is 0 Å². The monoisotopic (exact) mass is 333 g/mol. The molecule has 0 radical (unpaired) electrons. The van der Waals surface area contributed by atoms with Gasteiger partial charge in [-0.25, -0.2) is 0 Å². The van der Waals surface area contributed by atoms with Gasteiger partial charge >= 0.3 is 0 Å². The summed E-state index contributed by atoms with van der Waals surface area (Å²) in [5.74, 6) is -0.116. The highest BCUT2D eigenvalue weighted by molar-refractivity contribution is 6.10. The van der Waals surface area contributed by atoms with Crippen molar-refractivity contribution in [2.24, 2.45) is 0 Å². The van der Waals surface area contributed by atoms with Crippen LogP contribution >= 0.6 is 0 Å². The minimum Gasteiger partial charge on any atom is -0.383 e. The molecule has 0 aliphatic rings. The van der Waals surface area contributed by atoms with Crippen LogP contribution in [0.25, 0.3) is 21.8 Å². The summed E-state index contributed by atoms with van der Waals surface area (Å²) in [6.45, 7) is 1.39. The normalized spacial score (nSPS) is 11.2. The van der Waals surface area contributed by atoms with Gasteiger partial charge in [-0.05, 0) is 41.8 Å². The first-order valence-electron chi connectivity index (χ1n) is 8.21. The lowest BCUT2D eigenvalue weighted by Gasteiger charge is -2.08. The summed E-state index contributed by atoms with van der Waals surface area (Å²) < 4.78 is 7.25. The number of nitrogens with zero attached hydrogens (tertiary/aromatic N) is 1. The van der Waals surface area contributed by atoms with E-state index in [1.165, 1.54) is 0 Å². The number of hydrogen-bond acceptors (Lipinski definition) is 2. The van der Waals surface area contributed by atoms with Crippen LogP contribution in [-0.2, 0) is 11.3 Å². The first-order valence-corrected chi connectivity index (χ1v) is 8.21. The summed E-state index contributed by atoms with van der Waals surface area (Å²) in [6, 6.07) is 15.6. The average molecular weight is 333 g/mol. The molecule has 0 unspecified atom stereocenters. The lowest BCUT2D eigenvalue weighted by Crippen LogP contribution is -2.12. The lowest BCUT2D eigenvalue weighted by molar-refractivity contribution is 0.102. The largest absolute Gasteiger partial charge is 0.383 e. The fraction of sp³-hybridized carbons (Fsp3) is 0.150. The third-order valence-corrected chi connectivity index (χ3v) is 4.42. The van der Waals surface area contributed by atoms with E-state index in [2.05, 4.69) is 14.9 Å². The average Bonchev–Trinajstić information content (AvgIpc) is 3.26. The van der Waals surface area contributed by atoms with Crippen LogP contribution in [-0.4, -0.2) is 29.2 Å². The number of anilines is 1. The Morgan fingerprint density at radius 2 is 2.12 bits per heavy atom. The minimum absolute atomic E-state index is 0.116. The molecule has 2 N–H and O–H groups in total. The lowest BCUT2D eigenvalue weighted by atomic mass is 10.1. The summed E-state index contributed by atoms with van der Waals surface area (Å²) in [7, 11) is 1.69. The van der Waals surface area contributed by atoms with E-state index < -0.39 is 0 Å². The van der Waals surface area contributed by atoms with Gasteiger partial charge in [-0.2, -0.15) is 0 Å². The Hall–Kier alpha value is -3.05. The number of aromatic nitrogens is 2. The van der Waals surface area contributed by atoms with Crippen molar-refractivity contribution in [2.45, 2.75) is 6.54 Å². The van der Waals surface area contributed by atoms with Crippen molar-refractivity contribution in [3.8, 4) is 0 Å². The van der Waals surface area contributed by atoms with E-state index >= 15 is 0 Å². The second kappa shape index (κ2) is 6.45. The van der Waals surface area contributed by atoms with Gasteiger partial charge in [-0.3, -0.25) is 4.79 Å². The molecule has 4 aromatic rings. The summed E-state index contributed by atoms with van der Waals surface area (Å²) in [5, 5.41) is 5.13. The number of H-pyrrole nitrogens is 1. The van der Waals surface area contributed by atoms with E-state index in [0.717, 1.165) is 34.0 Å². The van der Waals surface area contributed by atoms with Gasteiger partial charge in [0.05, 0.1) is 12.3 Å². The third-order valence-electron chi connectivity index (χ3n) is 4.42. The molecule has 5 nitrogen and oxygen atoms in total. The number of amides is 1. The molecular formula is C20H19N3O2. The summed E-state index contributed by atoms with van der Waals surface area (Å²) >= 11 is 0. The third kappa shape index (κ3) is 2.90. The van der Waals surface area contributed by atoms with E-state index in [-0.39, 0.29) is 5.91 Å². The number of fused-ring (bicyclic) bond motifs is 2. The van der Waals surface area contributed by atoms with Crippen molar-refractivity contribution >= 4 is 33.4 Å². The van der Waals surface area contributed by atoms with Crippen LogP contribution in [0.15, 0.2) is 60.9 Å². The van der Waals surface area contributed by atoms with Gasteiger partial charge in [0.1, 0.15) is 0 Å². The molecule has 25 heavy (non-hydrogen) atoms. The molecular weight excluding hydrogens is 314 g/mol. The van der Waals surface area contributed by atoms with E-state index in [0.29, 0.717) is 12.2 Å². The number of methoxy groups -OCH3 is 1. The molecule has 1 amide bonds. The van der Waals surface area contributed by atoms with Gasteiger partial charge in [0.15, 0.2) is 0 Å². The number of carbonyl (C=O) groups excluding carboxylic acids is 1. The molecule has 0 saturated carbocycles. The topological polar surface area (TPSA) is 59.0 Å². The van der Waals surface area contributed by atoms with Gasteiger partial charge < -0.3 is 19.6 Å². The van der Waals surface area contributed by atoms with Crippen LogP contribution in [0.5, 0.6) is 0 Å². The zero-order valence-electron chi connectivity index (χ0n) is 14.0. The Morgan fingerprint density at radius 3 is 3.00 bits per heavy atom. The molecule has 0 aliphatic heterocycles. The predicted molar refractivity (Wildman–Crippen MR) is 100 cm³/mol. The Morgan fingerprint density at radius 1 is 1.20 bits per heavy atom.